The maximum Gasteiger partial charge on any atom is 0.101 e. The third-order valence-corrected chi connectivity index (χ3v) is 3.30. The first-order valence-corrected chi connectivity index (χ1v) is 5.60. The minimum Gasteiger partial charge on any atom is -0.343 e. The van der Waals surface area contributed by atoms with Crippen LogP contribution in [0.2, 0.25) is 0 Å². The van der Waals surface area contributed by atoms with E-state index in [0.29, 0.717) is 0 Å². The molecule has 0 aliphatic rings. The molecule has 2 heteroatoms. The molecule has 0 bridgehead atoms. The van der Waals surface area contributed by atoms with Gasteiger partial charge in [-0.15, -0.1) is 0 Å². The Balaban J connectivity index is 2.64. The number of benzene rings is 2. The number of fused-ring (bicyclic) bond motifs is 3. The highest BCUT2D eigenvalue weighted by atomic mass is 14.9. The first kappa shape index (κ1) is 9.92. The van der Waals surface area contributed by atoms with E-state index in [4.69, 9.17) is 0 Å². The molecule has 0 amide bonds. The zero-order valence-electron chi connectivity index (χ0n) is 9.86. The van der Waals surface area contributed by atoms with Gasteiger partial charge < -0.3 is 4.57 Å². The lowest BCUT2D eigenvalue weighted by Crippen LogP contribution is -1.89. The smallest absolute Gasteiger partial charge is 0.101 e. The third kappa shape index (κ3) is 1.26. The molecule has 0 saturated heterocycles. The summed E-state index contributed by atoms with van der Waals surface area (Å²) < 4.78 is 2.11. The molecule has 0 aliphatic carbocycles. The van der Waals surface area contributed by atoms with Crippen LogP contribution in [-0.2, 0) is 7.05 Å². The molecular weight excluding hydrogens is 208 g/mol. The molecule has 0 fully saturated rings. The Bertz CT molecular complexity index is 773. The Morgan fingerprint density at radius 3 is 2.71 bits per heavy atom. The summed E-state index contributed by atoms with van der Waals surface area (Å²) in [4.78, 5) is 0. The molecule has 2 nitrogen and oxygen atoms in total. The Labute approximate surface area is 99.7 Å². The summed E-state index contributed by atoms with van der Waals surface area (Å²) in [5.74, 6) is 0. The number of rotatable bonds is 0. The molecule has 0 unspecified atom stereocenters. The van der Waals surface area contributed by atoms with Gasteiger partial charge in [-0.3, -0.25) is 0 Å². The fourth-order valence-corrected chi connectivity index (χ4v) is 2.48. The van der Waals surface area contributed by atoms with E-state index >= 15 is 0 Å². The van der Waals surface area contributed by atoms with E-state index in [9.17, 15) is 5.26 Å². The molecule has 3 rings (SSSR count). The zero-order valence-corrected chi connectivity index (χ0v) is 9.86. The van der Waals surface area contributed by atoms with Crippen molar-refractivity contribution in [2.45, 2.75) is 6.92 Å². The van der Waals surface area contributed by atoms with Gasteiger partial charge in [0.25, 0.3) is 0 Å². The van der Waals surface area contributed by atoms with Gasteiger partial charge in [-0.05, 0) is 24.6 Å². The van der Waals surface area contributed by atoms with Crippen LogP contribution in [0.1, 0.15) is 11.1 Å². The average molecular weight is 220 g/mol. The van der Waals surface area contributed by atoms with E-state index in [1.54, 1.807) is 0 Å². The van der Waals surface area contributed by atoms with Gasteiger partial charge in [0.05, 0.1) is 11.1 Å². The van der Waals surface area contributed by atoms with Crippen LogP contribution in [0.3, 0.4) is 0 Å². The normalized spacial score (nSPS) is 10.9. The van der Waals surface area contributed by atoms with Gasteiger partial charge in [0.15, 0.2) is 0 Å². The number of para-hydroxylation sites is 1. The van der Waals surface area contributed by atoms with Crippen molar-refractivity contribution in [3.63, 3.8) is 0 Å². The number of aryl methyl sites for hydroxylation is 2. The molecular formula is C15H12N2. The maximum absolute atomic E-state index is 9.18. The van der Waals surface area contributed by atoms with Gasteiger partial charge >= 0.3 is 0 Å². The third-order valence-electron chi connectivity index (χ3n) is 3.30. The Morgan fingerprint density at radius 2 is 1.94 bits per heavy atom. The van der Waals surface area contributed by atoms with E-state index in [1.807, 2.05) is 19.2 Å². The summed E-state index contributed by atoms with van der Waals surface area (Å²) in [6, 6.07) is 14.6. The summed E-state index contributed by atoms with van der Waals surface area (Å²) in [7, 11) is 2.02. The van der Waals surface area contributed by atoms with E-state index in [-0.39, 0.29) is 0 Å². The quantitative estimate of drug-likeness (QED) is 0.570. The van der Waals surface area contributed by atoms with Gasteiger partial charge in [0.2, 0.25) is 0 Å². The Morgan fingerprint density at radius 1 is 1.12 bits per heavy atom. The molecule has 1 heterocycles. The second-order valence-electron chi connectivity index (χ2n) is 4.39. The minimum atomic E-state index is 0.735. The predicted molar refractivity (Wildman–Crippen MR) is 69.9 cm³/mol. The molecule has 0 N–H and O–H groups in total. The van der Waals surface area contributed by atoms with Crippen molar-refractivity contribution in [3.05, 3.63) is 47.5 Å². The SMILES string of the molecule is Cc1ccc2c3cccc(C#N)c3n(C)c2c1. The molecule has 3 aromatic rings. The van der Waals surface area contributed by atoms with Crippen LogP contribution in [0.5, 0.6) is 0 Å². The number of hydrogen-bond donors (Lipinski definition) is 0. The van der Waals surface area contributed by atoms with Crippen molar-refractivity contribution in [2.75, 3.05) is 0 Å². The maximum atomic E-state index is 9.18. The molecule has 0 spiro atoms. The lowest BCUT2D eigenvalue weighted by Gasteiger charge is -1.99. The Hall–Kier alpha value is -2.27. The molecule has 0 saturated carbocycles. The number of hydrogen-bond acceptors (Lipinski definition) is 1. The lowest BCUT2D eigenvalue weighted by atomic mass is 10.1. The van der Waals surface area contributed by atoms with E-state index < -0.39 is 0 Å². The molecule has 17 heavy (non-hydrogen) atoms. The van der Waals surface area contributed by atoms with Gasteiger partial charge in [-0.2, -0.15) is 5.26 Å². The topological polar surface area (TPSA) is 28.7 Å². The van der Waals surface area contributed by atoms with Crippen molar-refractivity contribution >= 4 is 21.8 Å². The summed E-state index contributed by atoms with van der Waals surface area (Å²) in [6.45, 7) is 2.09. The second-order valence-corrected chi connectivity index (χ2v) is 4.39. The standard InChI is InChI=1S/C15H12N2/c1-10-6-7-12-13-5-3-4-11(9-16)15(13)17(2)14(12)8-10/h3-8H,1-2H3. The van der Waals surface area contributed by atoms with Gasteiger partial charge in [0, 0.05) is 23.3 Å². The van der Waals surface area contributed by atoms with Crippen molar-refractivity contribution < 1.29 is 0 Å². The zero-order chi connectivity index (χ0) is 12.0. The molecule has 2 aromatic carbocycles. The van der Waals surface area contributed by atoms with Gasteiger partial charge in [-0.1, -0.05) is 24.3 Å². The van der Waals surface area contributed by atoms with Crippen molar-refractivity contribution in [1.29, 1.82) is 5.26 Å². The highest BCUT2D eigenvalue weighted by Gasteiger charge is 2.10. The number of aromatic nitrogens is 1. The van der Waals surface area contributed by atoms with Crippen LogP contribution in [0.15, 0.2) is 36.4 Å². The minimum absolute atomic E-state index is 0.735. The van der Waals surface area contributed by atoms with Crippen LogP contribution in [0, 0.1) is 18.3 Å². The highest BCUT2D eigenvalue weighted by Crippen LogP contribution is 2.30. The van der Waals surface area contributed by atoms with Gasteiger partial charge in [-0.25, -0.2) is 0 Å². The summed E-state index contributed by atoms with van der Waals surface area (Å²) in [6.07, 6.45) is 0. The first-order valence-electron chi connectivity index (χ1n) is 5.60. The molecule has 1 aromatic heterocycles. The van der Waals surface area contributed by atoms with Crippen molar-refractivity contribution in [2.24, 2.45) is 7.05 Å². The van der Waals surface area contributed by atoms with Crippen LogP contribution >= 0.6 is 0 Å². The average Bonchev–Trinajstić information content (AvgIpc) is 2.63. The summed E-state index contributed by atoms with van der Waals surface area (Å²) >= 11 is 0. The monoisotopic (exact) mass is 220 g/mol. The van der Waals surface area contributed by atoms with Crippen LogP contribution in [0.4, 0.5) is 0 Å². The largest absolute Gasteiger partial charge is 0.343 e. The second kappa shape index (κ2) is 3.36. The van der Waals surface area contributed by atoms with Crippen molar-refractivity contribution in [1.82, 2.24) is 4.57 Å². The van der Waals surface area contributed by atoms with Gasteiger partial charge in [0.1, 0.15) is 6.07 Å². The predicted octanol–water partition coefficient (Wildman–Crippen LogP) is 3.51. The molecule has 0 aliphatic heterocycles. The van der Waals surface area contributed by atoms with Crippen LogP contribution in [0.25, 0.3) is 21.8 Å². The van der Waals surface area contributed by atoms with E-state index in [1.165, 1.54) is 16.5 Å². The molecule has 82 valence electrons. The molecule has 0 radical (unpaired) electrons. The first-order chi connectivity index (χ1) is 8.22. The molecule has 0 atom stereocenters. The van der Waals surface area contributed by atoms with Crippen molar-refractivity contribution in [3.8, 4) is 6.07 Å². The number of nitrogens with zero attached hydrogens (tertiary/aromatic N) is 2. The summed E-state index contributed by atoms with van der Waals surface area (Å²) in [5.41, 5.74) is 4.18. The van der Waals surface area contributed by atoms with E-state index in [2.05, 4.69) is 41.8 Å². The van der Waals surface area contributed by atoms with E-state index in [0.717, 1.165) is 16.5 Å². The fourth-order valence-electron chi connectivity index (χ4n) is 2.48. The lowest BCUT2D eigenvalue weighted by molar-refractivity contribution is 1.01. The summed E-state index contributed by atoms with van der Waals surface area (Å²) in [5, 5.41) is 11.5. The number of nitriles is 1. The van der Waals surface area contributed by atoms with Crippen LogP contribution in [-0.4, -0.2) is 4.57 Å². The fraction of sp³-hybridized carbons (Fsp3) is 0.133. The highest BCUT2D eigenvalue weighted by molar-refractivity contribution is 6.09. The Kier molecular flexibility index (Phi) is 1.96. The van der Waals surface area contributed by atoms with Crippen LogP contribution < -0.4 is 0 Å².